The van der Waals surface area contributed by atoms with Gasteiger partial charge < -0.3 is 15.1 Å². The SMILES string of the molecule is Cc1cccc(N2CCN(C(=O)N[C@@H](C)c3nnc4ccccn34)CC2)c1C. The van der Waals surface area contributed by atoms with Crippen molar-refractivity contribution < 1.29 is 4.79 Å². The molecule has 1 saturated heterocycles. The van der Waals surface area contributed by atoms with Crippen molar-refractivity contribution in [1.29, 1.82) is 0 Å². The van der Waals surface area contributed by atoms with E-state index in [9.17, 15) is 4.79 Å². The molecule has 1 aliphatic heterocycles. The van der Waals surface area contributed by atoms with Crippen molar-refractivity contribution in [1.82, 2.24) is 24.8 Å². The number of pyridine rings is 1. The fourth-order valence-corrected chi connectivity index (χ4v) is 3.72. The van der Waals surface area contributed by atoms with Crippen LogP contribution in [0.15, 0.2) is 42.6 Å². The lowest BCUT2D eigenvalue weighted by molar-refractivity contribution is 0.190. The van der Waals surface area contributed by atoms with Crippen LogP contribution in [0.1, 0.15) is 29.9 Å². The van der Waals surface area contributed by atoms with Gasteiger partial charge in [0.05, 0.1) is 6.04 Å². The van der Waals surface area contributed by atoms with Crippen LogP contribution in [0, 0.1) is 13.8 Å². The molecule has 7 nitrogen and oxygen atoms in total. The summed E-state index contributed by atoms with van der Waals surface area (Å²) in [6.07, 6.45) is 1.91. The maximum atomic E-state index is 12.7. The molecule has 2 aromatic heterocycles. The average molecular weight is 378 g/mol. The summed E-state index contributed by atoms with van der Waals surface area (Å²) in [4.78, 5) is 17.0. The lowest BCUT2D eigenvalue weighted by atomic mass is 10.1. The summed E-state index contributed by atoms with van der Waals surface area (Å²) in [7, 11) is 0. The number of piperazine rings is 1. The third kappa shape index (κ3) is 3.40. The van der Waals surface area contributed by atoms with Crippen LogP contribution in [-0.2, 0) is 0 Å². The first-order valence-electron chi connectivity index (χ1n) is 9.71. The zero-order valence-electron chi connectivity index (χ0n) is 16.6. The molecule has 0 aliphatic carbocycles. The molecule has 0 radical (unpaired) electrons. The molecule has 0 spiro atoms. The summed E-state index contributed by atoms with van der Waals surface area (Å²) in [5.41, 5.74) is 4.66. The number of carbonyl (C=O) groups excluding carboxylic acids is 1. The van der Waals surface area contributed by atoms with Crippen molar-refractivity contribution >= 4 is 17.4 Å². The predicted molar refractivity (Wildman–Crippen MR) is 110 cm³/mol. The molecule has 1 N–H and O–H groups in total. The highest BCUT2D eigenvalue weighted by molar-refractivity contribution is 5.75. The monoisotopic (exact) mass is 378 g/mol. The van der Waals surface area contributed by atoms with E-state index in [1.807, 2.05) is 40.6 Å². The van der Waals surface area contributed by atoms with E-state index in [-0.39, 0.29) is 12.1 Å². The van der Waals surface area contributed by atoms with Crippen LogP contribution >= 0.6 is 0 Å². The number of anilines is 1. The van der Waals surface area contributed by atoms with Gasteiger partial charge in [-0.05, 0) is 50.1 Å². The third-order valence-electron chi connectivity index (χ3n) is 5.55. The summed E-state index contributed by atoms with van der Waals surface area (Å²) < 4.78 is 1.91. The molecular formula is C21H26N6O. The van der Waals surface area contributed by atoms with Gasteiger partial charge in [0.25, 0.3) is 0 Å². The average Bonchev–Trinajstić information content (AvgIpc) is 3.14. The number of nitrogens with zero attached hydrogens (tertiary/aromatic N) is 5. The zero-order valence-corrected chi connectivity index (χ0v) is 16.6. The van der Waals surface area contributed by atoms with E-state index in [4.69, 9.17) is 0 Å². The molecule has 1 aliphatic rings. The second kappa shape index (κ2) is 7.50. The first-order valence-corrected chi connectivity index (χ1v) is 9.71. The van der Waals surface area contributed by atoms with Crippen molar-refractivity contribution in [3.8, 4) is 0 Å². The Bertz CT molecular complexity index is 989. The molecule has 1 atom stereocenters. The number of carbonyl (C=O) groups is 1. The molecular weight excluding hydrogens is 352 g/mol. The van der Waals surface area contributed by atoms with E-state index in [0.29, 0.717) is 13.1 Å². The molecule has 0 unspecified atom stereocenters. The fraction of sp³-hybridized carbons (Fsp3) is 0.381. The summed E-state index contributed by atoms with van der Waals surface area (Å²) in [6.45, 7) is 9.30. The zero-order chi connectivity index (χ0) is 19.7. The van der Waals surface area contributed by atoms with Gasteiger partial charge in [0.15, 0.2) is 11.5 Å². The minimum atomic E-state index is -0.220. The number of nitrogens with one attached hydrogen (secondary N) is 1. The number of benzene rings is 1. The molecule has 3 aromatic rings. The van der Waals surface area contributed by atoms with Gasteiger partial charge in [-0.25, -0.2) is 4.79 Å². The van der Waals surface area contributed by atoms with Gasteiger partial charge in [-0.1, -0.05) is 18.2 Å². The Hall–Kier alpha value is -3.09. The number of urea groups is 1. The Morgan fingerprint density at radius 3 is 2.61 bits per heavy atom. The molecule has 28 heavy (non-hydrogen) atoms. The Balaban J connectivity index is 1.38. The third-order valence-corrected chi connectivity index (χ3v) is 5.55. The Morgan fingerprint density at radius 1 is 1.04 bits per heavy atom. The largest absolute Gasteiger partial charge is 0.368 e. The number of hydrogen-bond acceptors (Lipinski definition) is 4. The van der Waals surface area contributed by atoms with Crippen LogP contribution in [0.2, 0.25) is 0 Å². The van der Waals surface area contributed by atoms with Gasteiger partial charge >= 0.3 is 6.03 Å². The van der Waals surface area contributed by atoms with Gasteiger partial charge in [0.1, 0.15) is 0 Å². The van der Waals surface area contributed by atoms with Crippen molar-refractivity contribution in [2.24, 2.45) is 0 Å². The maximum absolute atomic E-state index is 12.7. The van der Waals surface area contributed by atoms with Crippen LogP contribution in [0.5, 0.6) is 0 Å². The molecule has 146 valence electrons. The van der Waals surface area contributed by atoms with Crippen molar-refractivity contribution in [2.75, 3.05) is 31.1 Å². The molecule has 0 saturated carbocycles. The molecule has 3 heterocycles. The van der Waals surface area contributed by atoms with E-state index in [1.54, 1.807) is 0 Å². The minimum Gasteiger partial charge on any atom is -0.368 e. The Labute approximate surface area is 165 Å². The first-order chi connectivity index (χ1) is 13.5. The number of fused-ring (bicyclic) bond motifs is 1. The lowest BCUT2D eigenvalue weighted by Gasteiger charge is -2.37. The van der Waals surface area contributed by atoms with Crippen LogP contribution < -0.4 is 10.2 Å². The normalized spacial score (nSPS) is 15.7. The highest BCUT2D eigenvalue weighted by Crippen LogP contribution is 2.24. The standard InChI is InChI=1S/C21H26N6O/c1-15-7-6-8-18(16(15)2)25-11-13-26(14-12-25)21(28)22-17(3)20-24-23-19-9-4-5-10-27(19)20/h4-10,17H,11-14H2,1-3H3,(H,22,28)/t17-/m0/s1. The molecule has 7 heteroatoms. The topological polar surface area (TPSA) is 65.8 Å². The van der Waals surface area contributed by atoms with E-state index in [2.05, 4.69) is 52.5 Å². The van der Waals surface area contributed by atoms with Crippen LogP contribution in [0.3, 0.4) is 0 Å². The van der Waals surface area contributed by atoms with Gasteiger partial charge in [0, 0.05) is 38.1 Å². The summed E-state index contributed by atoms with van der Waals surface area (Å²) in [5, 5.41) is 11.5. The van der Waals surface area contributed by atoms with Gasteiger partial charge in [-0.3, -0.25) is 4.40 Å². The smallest absolute Gasteiger partial charge is 0.318 e. The van der Waals surface area contributed by atoms with Gasteiger partial charge in [0.2, 0.25) is 0 Å². The van der Waals surface area contributed by atoms with E-state index in [0.717, 1.165) is 24.6 Å². The van der Waals surface area contributed by atoms with Crippen molar-refractivity contribution in [2.45, 2.75) is 26.8 Å². The maximum Gasteiger partial charge on any atom is 0.318 e. The summed E-state index contributed by atoms with van der Waals surface area (Å²) >= 11 is 0. The quantitative estimate of drug-likeness (QED) is 0.761. The van der Waals surface area contributed by atoms with Crippen molar-refractivity contribution in [3.05, 3.63) is 59.5 Å². The number of aryl methyl sites for hydroxylation is 1. The van der Waals surface area contributed by atoms with Gasteiger partial charge in [-0.15, -0.1) is 10.2 Å². The number of hydrogen-bond donors (Lipinski definition) is 1. The van der Waals surface area contributed by atoms with Crippen LogP contribution in [0.25, 0.3) is 5.65 Å². The second-order valence-corrected chi connectivity index (χ2v) is 7.35. The molecule has 4 rings (SSSR count). The van der Waals surface area contributed by atoms with Crippen molar-refractivity contribution in [3.63, 3.8) is 0 Å². The number of rotatable bonds is 3. The minimum absolute atomic E-state index is 0.0548. The Morgan fingerprint density at radius 2 is 1.82 bits per heavy atom. The fourth-order valence-electron chi connectivity index (χ4n) is 3.72. The highest BCUT2D eigenvalue weighted by atomic mass is 16.2. The summed E-state index contributed by atoms with van der Waals surface area (Å²) in [5.74, 6) is 0.734. The highest BCUT2D eigenvalue weighted by Gasteiger charge is 2.24. The molecule has 0 bridgehead atoms. The van der Waals surface area contributed by atoms with E-state index in [1.165, 1.54) is 16.8 Å². The Kier molecular flexibility index (Phi) is 4.90. The number of amides is 2. The second-order valence-electron chi connectivity index (χ2n) is 7.35. The summed E-state index contributed by atoms with van der Waals surface area (Å²) in [6, 6.07) is 11.9. The van der Waals surface area contributed by atoms with E-state index >= 15 is 0 Å². The molecule has 1 fully saturated rings. The van der Waals surface area contributed by atoms with Crippen LogP contribution in [-0.4, -0.2) is 51.7 Å². The van der Waals surface area contributed by atoms with E-state index < -0.39 is 0 Å². The van der Waals surface area contributed by atoms with Gasteiger partial charge in [-0.2, -0.15) is 0 Å². The molecule has 2 amide bonds. The number of aromatic nitrogens is 3. The predicted octanol–water partition coefficient (Wildman–Crippen LogP) is 2.94. The first kappa shape index (κ1) is 18.3. The lowest BCUT2D eigenvalue weighted by Crippen LogP contribution is -2.52. The molecule has 1 aromatic carbocycles. The van der Waals surface area contributed by atoms with Crippen LogP contribution in [0.4, 0.5) is 10.5 Å².